The molecule has 8 heteroatoms. The first kappa shape index (κ1) is 14.2. The number of ether oxygens (including phenoxy) is 1. The van der Waals surface area contributed by atoms with E-state index in [0.717, 1.165) is 22.2 Å². The number of carbonyl (C=O) groups excluding carboxylic acids is 2. The summed E-state index contributed by atoms with van der Waals surface area (Å²) in [5, 5.41) is 10.8. The second kappa shape index (κ2) is 5.41. The zero-order valence-electron chi connectivity index (χ0n) is 10.8. The summed E-state index contributed by atoms with van der Waals surface area (Å²) in [6.45, 7) is 2.95. The number of fused-ring (bicyclic) bond motifs is 1. The second-order valence-corrected chi connectivity index (χ2v) is 5.01. The van der Waals surface area contributed by atoms with Crippen molar-refractivity contribution >= 4 is 33.5 Å². The molecule has 2 aromatic rings. The molecule has 0 aliphatic heterocycles. The van der Waals surface area contributed by atoms with Gasteiger partial charge in [-0.05, 0) is 19.4 Å². The van der Waals surface area contributed by atoms with Gasteiger partial charge in [-0.25, -0.2) is 9.78 Å². The van der Waals surface area contributed by atoms with Crippen LogP contribution in [-0.4, -0.2) is 28.1 Å². The molecule has 0 aliphatic rings. The van der Waals surface area contributed by atoms with E-state index in [1.165, 1.54) is 0 Å². The predicted octanol–water partition coefficient (Wildman–Crippen LogP) is -0.307. The topological polar surface area (TPSA) is 101 Å². The van der Waals surface area contributed by atoms with Crippen molar-refractivity contribution in [2.45, 2.75) is 20.4 Å². The number of carboxylic acids is 1. The van der Waals surface area contributed by atoms with E-state index < -0.39 is 24.0 Å². The van der Waals surface area contributed by atoms with E-state index >= 15 is 0 Å². The molecular formula is C12H11N2O5S-. The van der Waals surface area contributed by atoms with E-state index in [2.05, 4.69) is 4.98 Å². The number of esters is 1. The van der Waals surface area contributed by atoms with Crippen molar-refractivity contribution in [3.63, 3.8) is 0 Å². The van der Waals surface area contributed by atoms with E-state index in [9.17, 15) is 19.5 Å². The molecule has 0 spiro atoms. The third-order valence-electron chi connectivity index (χ3n) is 2.68. The van der Waals surface area contributed by atoms with Crippen LogP contribution in [0.15, 0.2) is 11.1 Å². The Labute approximate surface area is 117 Å². The van der Waals surface area contributed by atoms with Crippen LogP contribution in [0.25, 0.3) is 10.2 Å². The second-order valence-electron chi connectivity index (χ2n) is 4.01. The molecule has 0 saturated heterocycles. The highest BCUT2D eigenvalue weighted by Gasteiger charge is 2.20. The van der Waals surface area contributed by atoms with Gasteiger partial charge in [-0.1, -0.05) is 0 Å². The van der Waals surface area contributed by atoms with Crippen molar-refractivity contribution in [2.24, 2.45) is 0 Å². The molecule has 0 saturated carbocycles. The molecule has 7 nitrogen and oxygen atoms in total. The average Bonchev–Trinajstić information content (AvgIpc) is 2.71. The fraction of sp³-hybridized carbons (Fsp3) is 0.333. The van der Waals surface area contributed by atoms with Crippen molar-refractivity contribution in [3.8, 4) is 0 Å². The van der Waals surface area contributed by atoms with Gasteiger partial charge in [0.25, 0.3) is 5.56 Å². The van der Waals surface area contributed by atoms with E-state index in [4.69, 9.17) is 4.74 Å². The quantitative estimate of drug-likeness (QED) is 0.717. The van der Waals surface area contributed by atoms with Gasteiger partial charge in [0.1, 0.15) is 9.71 Å². The summed E-state index contributed by atoms with van der Waals surface area (Å²) in [6, 6.07) is 0. The minimum absolute atomic E-state index is 0.231. The Hall–Kier alpha value is -2.22. The smallest absolute Gasteiger partial charge is 0.348 e. The zero-order valence-corrected chi connectivity index (χ0v) is 11.7. The van der Waals surface area contributed by atoms with E-state index in [1.54, 1.807) is 13.8 Å². The number of carboxylic acid groups (broad SMARTS) is 1. The molecule has 0 bridgehead atoms. The highest BCUT2D eigenvalue weighted by molar-refractivity contribution is 7.20. The maximum absolute atomic E-state index is 12.2. The summed E-state index contributed by atoms with van der Waals surface area (Å²) in [5.74, 6) is -1.90. The first-order chi connectivity index (χ1) is 9.45. The number of carbonyl (C=O) groups is 2. The molecule has 2 rings (SSSR count). The lowest BCUT2D eigenvalue weighted by Crippen LogP contribution is -2.32. The van der Waals surface area contributed by atoms with Gasteiger partial charge in [0.2, 0.25) is 0 Å². The van der Waals surface area contributed by atoms with Crippen molar-refractivity contribution in [1.29, 1.82) is 0 Å². The van der Waals surface area contributed by atoms with Gasteiger partial charge >= 0.3 is 5.97 Å². The molecule has 0 unspecified atom stereocenters. The molecule has 0 atom stereocenters. The molecule has 0 aliphatic carbocycles. The van der Waals surface area contributed by atoms with Crippen LogP contribution >= 0.6 is 11.3 Å². The van der Waals surface area contributed by atoms with Crippen LogP contribution in [0.4, 0.5) is 0 Å². The summed E-state index contributed by atoms with van der Waals surface area (Å²) in [4.78, 5) is 39.2. The molecule has 20 heavy (non-hydrogen) atoms. The van der Waals surface area contributed by atoms with Crippen LogP contribution in [0.5, 0.6) is 0 Å². The third-order valence-corrected chi connectivity index (χ3v) is 3.86. The number of nitrogens with zero attached hydrogens (tertiary/aromatic N) is 2. The number of rotatable bonds is 4. The lowest BCUT2D eigenvalue weighted by Gasteiger charge is -2.05. The van der Waals surface area contributed by atoms with Gasteiger partial charge < -0.3 is 14.6 Å². The number of aromatic nitrogens is 2. The van der Waals surface area contributed by atoms with Gasteiger partial charge in [-0.2, -0.15) is 0 Å². The lowest BCUT2D eigenvalue weighted by molar-refractivity contribution is -0.306. The summed E-state index contributed by atoms with van der Waals surface area (Å²) in [6.07, 6.45) is 1.13. The zero-order chi connectivity index (χ0) is 14.9. The number of hydrogen-bond acceptors (Lipinski definition) is 7. The Balaban J connectivity index is 2.61. The van der Waals surface area contributed by atoms with Crippen molar-refractivity contribution < 1.29 is 19.4 Å². The SMILES string of the molecule is CCOC(=O)c1sc2ncn(CC(=O)[O-])c(=O)c2c1C. The summed E-state index contributed by atoms with van der Waals surface area (Å²) in [7, 11) is 0. The summed E-state index contributed by atoms with van der Waals surface area (Å²) in [5.41, 5.74) is -0.0582. The standard InChI is InChI=1S/C12H12N2O5S/c1-3-19-12(18)9-6(2)8-10(20-9)13-5-14(11(8)17)4-7(15)16/h5H,3-4H2,1-2H3,(H,15,16)/p-1. The molecule has 0 amide bonds. The van der Waals surface area contributed by atoms with Crippen molar-refractivity contribution in [2.75, 3.05) is 6.61 Å². The molecule has 0 fully saturated rings. The van der Waals surface area contributed by atoms with Gasteiger partial charge in [0, 0.05) is 0 Å². The van der Waals surface area contributed by atoms with E-state index in [-0.39, 0.29) is 12.0 Å². The Kier molecular flexibility index (Phi) is 3.84. The maximum Gasteiger partial charge on any atom is 0.348 e. The fourth-order valence-corrected chi connectivity index (χ4v) is 2.84. The molecular weight excluding hydrogens is 284 g/mol. The highest BCUT2D eigenvalue weighted by atomic mass is 32.1. The van der Waals surface area contributed by atoms with Crippen LogP contribution in [0.3, 0.4) is 0 Å². The average molecular weight is 295 g/mol. The molecule has 106 valence electrons. The number of thiophene rings is 1. The summed E-state index contributed by atoms with van der Waals surface area (Å²) >= 11 is 1.05. The number of aryl methyl sites for hydroxylation is 1. The van der Waals surface area contributed by atoms with E-state index in [1.807, 2.05) is 0 Å². The van der Waals surface area contributed by atoms with Crippen LogP contribution < -0.4 is 10.7 Å². The first-order valence-electron chi connectivity index (χ1n) is 5.81. The minimum atomic E-state index is -1.38. The van der Waals surface area contributed by atoms with Gasteiger partial charge in [0.05, 0.1) is 30.8 Å². The van der Waals surface area contributed by atoms with Crippen LogP contribution in [0.1, 0.15) is 22.2 Å². The Morgan fingerprint density at radius 1 is 1.50 bits per heavy atom. The van der Waals surface area contributed by atoms with Crippen LogP contribution in [-0.2, 0) is 16.1 Å². The summed E-state index contributed by atoms with van der Waals surface area (Å²) < 4.78 is 5.84. The largest absolute Gasteiger partial charge is 0.548 e. The van der Waals surface area contributed by atoms with Crippen LogP contribution in [0.2, 0.25) is 0 Å². The number of aliphatic carboxylic acids is 1. The monoisotopic (exact) mass is 295 g/mol. The van der Waals surface area contributed by atoms with Gasteiger partial charge in [-0.3, -0.25) is 9.36 Å². The molecule has 0 aromatic carbocycles. The third kappa shape index (κ3) is 2.42. The molecule has 2 aromatic heterocycles. The minimum Gasteiger partial charge on any atom is -0.548 e. The van der Waals surface area contributed by atoms with Crippen LogP contribution in [0, 0.1) is 6.92 Å². The first-order valence-corrected chi connectivity index (χ1v) is 6.62. The Bertz CT molecular complexity index is 746. The molecule has 0 radical (unpaired) electrons. The lowest BCUT2D eigenvalue weighted by atomic mass is 10.2. The fourth-order valence-electron chi connectivity index (χ4n) is 1.80. The van der Waals surface area contributed by atoms with E-state index in [0.29, 0.717) is 15.3 Å². The predicted molar refractivity (Wildman–Crippen MR) is 69.6 cm³/mol. The van der Waals surface area contributed by atoms with Gasteiger partial charge in [0.15, 0.2) is 0 Å². The normalized spacial score (nSPS) is 10.7. The molecule has 0 N–H and O–H groups in total. The van der Waals surface area contributed by atoms with Crippen molar-refractivity contribution in [1.82, 2.24) is 9.55 Å². The van der Waals surface area contributed by atoms with Gasteiger partial charge in [-0.15, -0.1) is 11.3 Å². The Morgan fingerprint density at radius 3 is 2.80 bits per heavy atom. The maximum atomic E-state index is 12.2. The molecule has 2 heterocycles. The highest BCUT2D eigenvalue weighted by Crippen LogP contribution is 2.27. The number of hydrogen-bond donors (Lipinski definition) is 0. The Morgan fingerprint density at radius 2 is 2.20 bits per heavy atom. The van der Waals surface area contributed by atoms with Crippen molar-refractivity contribution in [3.05, 3.63) is 27.1 Å².